The topological polar surface area (TPSA) is 151 Å². The molecule has 2 atom stereocenters. The van der Waals surface area contributed by atoms with Gasteiger partial charge in [-0.2, -0.15) is 13.5 Å². The first-order valence-electron chi connectivity index (χ1n) is 11.1. The molecule has 4 rings (SSSR count). The van der Waals surface area contributed by atoms with E-state index in [0.29, 0.717) is 17.8 Å². The van der Waals surface area contributed by atoms with Crippen molar-refractivity contribution in [3.63, 3.8) is 0 Å². The highest BCUT2D eigenvalue weighted by Gasteiger charge is 2.31. The van der Waals surface area contributed by atoms with Gasteiger partial charge in [0.1, 0.15) is 23.6 Å². The van der Waals surface area contributed by atoms with Crippen LogP contribution in [0.3, 0.4) is 0 Å². The number of nitrogens with zero attached hydrogens (tertiary/aromatic N) is 4. The third kappa shape index (κ3) is 7.71. The second kappa shape index (κ2) is 10.8. The smallest absolute Gasteiger partial charge is 0.406 e. The predicted octanol–water partition coefficient (Wildman–Crippen LogP) is 2.65. The average molecular weight is 541 g/mol. The lowest BCUT2D eigenvalue weighted by molar-refractivity contribution is -0.274. The maximum Gasteiger partial charge on any atom is 0.573 e. The van der Waals surface area contributed by atoms with E-state index >= 15 is 0 Å². The fourth-order valence-electron chi connectivity index (χ4n) is 4.05. The minimum atomic E-state index is -4.77. The number of ether oxygens (including phenoxy) is 1. The molecule has 2 aromatic heterocycles. The van der Waals surface area contributed by atoms with Crippen LogP contribution in [0.2, 0.25) is 0 Å². The van der Waals surface area contributed by atoms with Gasteiger partial charge in [0.25, 0.3) is 0 Å². The van der Waals surface area contributed by atoms with Gasteiger partial charge >= 0.3 is 16.7 Å². The average Bonchev–Trinajstić information content (AvgIpc) is 3.47. The zero-order valence-corrected chi connectivity index (χ0v) is 20.1. The quantitative estimate of drug-likeness (QED) is 0.370. The number of aromatic nitrogens is 4. The molecule has 0 radical (unpaired) electrons. The molecule has 15 heteroatoms. The van der Waals surface area contributed by atoms with E-state index in [2.05, 4.69) is 29.3 Å². The van der Waals surface area contributed by atoms with Crippen LogP contribution in [-0.2, 0) is 21.0 Å². The van der Waals surface area contributed by atoms with E-state index in [4.69, 9.17) is 5.14 Å². The molecule has 0 spiro atoms. The lowest BCUT2D eigenvalue weighted by Gasteiger charge is -2.15. The Hall–Kier alpha value is -3.56. The minimum absolute atomic E-state index is 0.0118. The van der Waals surface area contributed by atoms with Crippen LogP contribution >= 0.6 is 0 Å². The Labute approximate surface area is 210 Å². The van der Waals surface area contributed by atoms with Crippen molar-refractivity contribution < 1.29 is 35.3 Å². The Morgan fingerprint density at radius 3 is 2.65 bits per heavy atom. The summed E-state index contributed by atoms with van der Waals surface area (Å²) in [5.74, 6) is -0.431. The molecular formula is C22H23F3N6O5S. The minimum Gasteiger partial charge on any atom is -0.406 e. The number of ketones is 1. The predicted molar refractivity (Wildman–Crippen MR) is 124 cm³/mol. The van der Waals surface area contributed by atoms with Crippen LogP contribution in [0, 0.1) is 5.92 Å². The van der Waals surface area contributed by atoms with Gasteiger partial charge < -0.3 is 10.1 Å². The Morgan fingerprint density at radius 2 is 1.95 bits per heavy atom. The lowest BCUT2D eigenvalue weighted by Crippen LogP contribution is -2.22. The molecule has 1 aromatic carbocycles. The maximum atomic E-state index is 13.1. The molecule has 1 saturated carbocycles. The molecule has 198 valence electrons. The van der Waals surface area contributed by atoms with Crippen LogP contribution in [-0.4, -0.2) is 53.0 Å². The highest BCUT2D eigenvalue weighted by atomic mass is 32.2. The summed E-state index contributed by atoms with van der Waals surface area (Å²) in [5.41, 5.74) is 1.01. The van der Waals surface area contributed by atoms with Crippen LogP contribution in [0.5, 0.6) is 5.75 Å². The highest BCUT2D eigenvalue weighted by Crippen LogP contribution is 2.29. The SMILES string of the molecule is NS(=O)(=O)OC[C@@H]1CC[C@H](Nc2ncncc2C(=O)c2ccn(Cc3ccc(OC(F)(F)F)cc3)n2)C1. The largest absolute Gasteiger partial charge is 0.573 e. The van der Waals surface area contributed by atoms with E-state index in [1.165, 1.54) is 47.5 Å². The molecule has 0 aliphatic heterocycles. The Morgan fingerprint density at radius 1 is 1.19 bits per heavy atom. The number of nitrogens with two attached hydrogens (primary N) is 1. The van der Waals surface area contributed by atoms with Gasteiger partial charge in [0, 0.05) is 18.4 Å². The number of carbonyl (C=O) groups is 1. The van der Waals surface area contributed by atoms with Gasteiger partial charge in [0.15, 0.2) is 0 Å². The first-order valence-corrected chi connectivity index (χ1v) is 12.6. The third-order valence-corrected chi connectivity index (χ3v) is 6.15. The molecule has 11 nitrogen and oxygen atoms in total. The first kappa shape index (κ1) is 26.5. The molecule has 37 heavy (non-hydrogen) atoms. The summed E-state index contributed by atoms with van der Waals surface area (Å²) in [7, 11) is -4.00. The maximum absolute atomic E-state index is 13.1. The highest BCUT2D eigenvalue weighted by molar-refractivity contribution is 7.84. The van der Waals surface area contributed by atoms with Crippen LogP contribution in [0.4, 0.5) is 19.0 Å². The number of halogens is 3. The third-order valence-electron chi connectivity index (χ3n) is 5.68. The zero-order chi connectivity index (χ0) is 26.6. The summed E-state index contributed by atoms with van der Waals surface area (Å²) in [6, 6.07) is 6.81. The number of benzene rings is 1. The summed E-state index contributed by atoms with van der Waals surface area (Å²) in [6.07, 6.45) is 1.54. The zero-order valence-electron chi connectivity index (χ0n) is 19.3. The molecule has 3 N–H and O–H groups in total. The van der Waals surface area contributed by atoms with Gasteiger partial charge in [0.2, 0.25) is 5.78 Å². The molecule has 0 saturated heterocycles. The molecule has 2 heterocycles. The molecule has 0 bridgehead atoms. The first-order chi connectivity index (χ1) is 17.4. The van der Waals surface area contributed by atoms with Gasteiger partial charge in [-0.1, -0.05) is 12.1 Å². The van der Waals surface area contributed by atoms with Crippen molar-refractivity contribution in [3.8, 4) is 5.75 Å². The van der Waals surface area contributed by atoms with Gasteiger partial charge in [0.05, 0.1) is 18.7 Å². The van der Waals surface area contributed by atoms with E-state index in [1.807, 2.05) is 0 Å². The molecular weight excluding hydrogens is 517 g/mol. The van der Waals surface area contributed by atoms with Crippen molar-refractivity contribution in [1.82, 2.24) is 19.7 Å². The van der Waals surface area contributed by atoms with E-state index in [0.717, 1.165) is 12.8 Å². The summed E-state index contributed by atoms with van der Waals surface area (Å²) < 4.78 is 69.0. The molecule has 1 fully saturated rings. The molecule has 1 aliphatic rings. The Kier molecular flexibility index (Phi) is 7.75. The molecule has 0 amide bonds. The van der Waals surface area contributed by atoms with Crippen LogP contribution in [0.25, 0.3) is 0 Å². The summed E-state index contributed by atoms with van der Waals surface area (Å²) in [4.78, 5) is 21.3. The van der Waals surface area contributed by atoms with E-state index in [1.54, 1.807) is 6.20 Å². The van der Waals surface area contributed by atoms with Crippen molar-refractivity contribution in [1.29, 1.82) is 0 Å². The van der Waals surface area contributed by atoms with Crippen molar-refractivity contribution in [3.05, 3.63) is 65.9 Å². The summed E-state index contributed by atoms with van der Waals surface area (Å²) in [5, 5.41) is 12.4. The number of rotatable bonds is 10. The fourth-order valence-corrected chi connectivity index (χ4v) is 4.43. The van der Waals surface area contributed by atoms with Crippen LogP contribution < -0.4 is 15.2 Å². The van der Waals surface area contributed by atoms with Gasteiger partial charge in [-0.3, -0.25) is 13.7 Å². The van der Waals surface area contributed by atoms with E-state index in [9.17, 15) is 26.4 Å². The van der Waals surface area contributed by atoms with Gasteiger partial charge in [-0.05, 0) is 48.9 Å². The van der Waals surface area contributed by atoms with E-state index in [-0.39, 0.29) is 42.1 Å². The van der Waals surface area contributed by atoms with Crippen molar-refractivity contribution in [2.45, 2.75) is 38.2 Å². The summed E-state index contributed by atoms with van der Waals surface area (Å²) >= 11 is 0. The van der Waals surface area contributed by atoms with Gasteiger partial charge in [-0.25, -0.2) is 15.1 Å². The van der Waals surface area contributed by atoms with Crippen LogP contribution in [0.15, 0.2) is 49.1 Å². The number of nitrogens with one attached hydrogen (secondary N) is 1. The Balaban J connectivity index is 1.39. The molecule has 0 unspecified atom stereocenters. The van der Waals surface area contributed by atoms with Crippen LogP contribution in [0.1, 0.15) is 40.9 Å². The van der Waals surface area contributed by atoms with Crippen molar-refractivity contribution in [2.75, 3.05) is 11.9 Å². The number of anilines is 1. The molecule has 3 aromatic rings. The monoisotopic (exact) mass is 540 g/mol. The second-order valence-corrected chi connectivity index (χ2v) is 9.72. The van der Waals surface area contributed by atoms with Crippen molar-refractivity contribution in [2.24, 2.45) is 11.1 Å². The van der Waals surface area contributed by atoms with E-state index < -0.39 is 22.4 Å². The normalized spacial score (nSPS) is 18.1. The molecule has 1 aliphatic carbocycles. The summed E-state index contributed by atoms with van der Waals surface area (Å²) in [6.45, 7) is 0.210. The number of carbonyl (C=O) groups excluding carboxylic acids is 1. The Bertz CT molecular complexity index is 1350. The lowest BCUT2D eigenvalue weighted by atomic mass is 10.1. The second-order valence-electron chi connectivity index (χ2n) is 8.50. The number of hydrogen-bond acceptors (Lipinski definition) is 9. The number of hydrogen-bond donors (Lipinski definition) is 2. The van der Waals surface area contributed by atoms with Gasteiger partial charge in [-0.15, -0.1) is 13.2 Å². The number of alkyl halides is 3. The van der Waals surface area contributed by atoms with Crippen molar-refractivity contribution >= 4 is 21.9 Å². The fraction of sp³-hybridized carbons (Fsp3) is 0.364. The standard InChI is InChI=1S/C22H23F3N6O5S/c23-22(24,25)36-17-5-2-14(3-6-17)11-31-8-7-19(30-31)20(32)18-10-27-13-28-21(18)29-16-4-1-15(9-16)12-35-37(26,33)34/h2-3,5-8,10,13,15-16H,1,4,9,11-12H2,(H2,26,33,34)(H,27,28,29)/t15-,16+/m1/s1.